The lowest BCUT2D eigenvalue weighted by Gasteiger charge is -2.08. The van der Waals surface area contributed by atoms with Crippen molar-refractivity contribution in [2.24, 2.45) is 23.1 Å². The van der Waals surface area contributed by atoms with E-state index in [1.54, 1.807) is 12.3 Å². The lowest BCUT2D eigenvalue weighted by molar-refractivity contribution is 0.667. The molecular formula is C8H17N3. The molecule has 0 rings (SSSR count). The Morgan fingerprint density at radius 3 is 2.27 bits per heavy atom. The fourth-order valence-corrected chi connectivity index (χ4v) is 0.783. The first-order chi connectivity index (χ1) is 5.11. The van der Waals surface area contributed by atoms with Crippen LogP contribution in [0.5, 0.6) is 0 Å². The van der Waals surface area contributed by atoms with E-state index in [2.05, 4.69) is 13.8 Å². The van der Waals surface area contributed by atoms with Crippen LogP contribution in [0.1, 0.15) is 20.3 Å². The number of rotatable bonds is 3. The summed E-state index contributed by atoms with van der Waals surface area (Å²) >= 11 is 0. The van der Waals surface area contributed by atoms with Gasteiger partial charge in [-0.05, 0) is 30.2 Å². The van der Waals surface area contributed by atoms with Crippen LogP contribution in [0.3, 0.4) is 0 Å². The summed E-state index contributed by atoms with van der Waals surface area (Å²) in [6.07, 6.45) is 4.29. The topological polar surface area (TPSA) is 78.1 Å². The maximum Gasteiger partial charge on any atom is 0.0936 e. The van der Waals surface area contributed by atoms with Crippen molar-refractivity contribution in [3.05, 3.63) is 23.7 Å². The molecule has 0 saturated heterocycles. The van der Waals surface area contributed by atoms with E-state index in [-0.39, 0.29) is 0 Å². The van der Waals surface area contributed by atoms with Gasteiger partial charge in [0, 0.05) is 0 Å². The Hall–Kier alpha value is -1.12. The normalized spacial score (nSPS) is 14.2. The van der Waals surface area contributed by atoms with Crippen molar-refractivity contribution in [3.63, 3.8) is 0 Å². The van der Waals surface area contributed by atoms with Crippen LogP contribution in [-0.2, 0) is 0 Å². The molecule has 0 amide bonds. The maximum absolute atomic E-state index is 5.38. The minimum absolute atomic E-state index is 0.307. The molecule has 0 aliphatic carbocycles. The summed E-state index contributed by atoms with van der Waals surface area (Å²) in [6.45, 7) is 4.17. The van der Waals surface area contributed by atoms with Crippen LogP contribution in [0, 0.1) is 5.92 Å². The molecule has 1 atom stereocenters. The van der Waals surface area contributed by atoms with Crippen LogP contribution in [-0.4, -0.2) is 0 Å². The third-order valence-electron chi connectivity index (χ3n) is 1.71. The second-order valence-corrected chi connectivity index (χ2v) is 2.62. The van der Waals surface area contributed by atoms with E-state index in [0.29, 0.717) is 11.7 Å². The van der Waals surface area contributed by atoms with Crippen LogP contribution in [0.25, 0.3) is 0 Å². The predicted molar refractivity (Wildman–Crippen MR) is 48.2 cm³/mol. The molecule has 0 aliphatic rings. The smallest absolute Gasteiger partial charge is 0.0936 e. The van der Waals surface area contributed by atoms with E-state index < -0.39 is 0 Å². The Kier molecular flexibility index (Phi) is 4.18. The van der Waals surface area contributed by atoms with E-state index in [1.807, 2.05) is 0 Å². The summed E-state index contributed by atoms with van der Waals surface area (Å²) in [5.41, 5.74) is 17.0. The number of hydrogen-bond donors (Lipinski definition) is 3. The van der Waals surface area contributed by atoms with E-state index in [1.165, 1.54) is 0 Å². The van der Waals surface area contributed by atoms with Gasteiger partial charge < -0.3 is 17.2 Å². The molecule has 0 aromatic carbocycles. The summed E-state index contributed by atoms with van der Waals surface area (Å²) in [5.74, 6) is 0.726. The van der Waals surface area contributed by atoms with Gasteiger partial charge in [-0.2, -0.15) is 0 Å². The minimum atomic E-state index is 0.307. The summed E-state index contributed by atoms with van der Waals surface area (Å²) in [5, 5.41) is 0. The molecule has 0 saturated carbocycles. The lowest BCUT2D eigenvalue weighted by atomic mass is 9.99. The van der Waals surface area contributed by atoms with Gasteiger partial charge in [0.1, 0.15) is 0 Å². The molecule has 3 heteroatoms. The Labute approximate surface area is 67.9 Å². The zero-order valence-corrected chi connectivity index (χ0v) is 7.17. The average molecular weight is 155 g/mol. The predicted octanol–water partition coefficient (Wildman–Crippen LogP) is 0.634. The molecule has 0 fully saturated rings. The molecule has 0 radical (unpaired) electrons. The van der Waals surface area contributed by atoms with Crippen LogP contribution < -0.4 is 17.2 Å². The molecule has 0 spiro atoms. The molecule has 11 heavy (non-hydrogen) atoms. The van der Waals surface area contributed by atoms with Gasteiger partial charge in [-0.25, -0.2) is 0 Å². The van der Waals surface area contributed by atoms with Gasteiger partial charge >= 0.3 is 0 Å². The highest BCUT2D eigenvalue weighted by molar-refractivity contribution is 5.22. The van der Waals surface area contributed by atoms with Crippen molar-refractivity contribution < 1.29 is 0 Å². The highest BCUT2D eigenvalue weighted by atomic mass is 14.8. The number of allylic oxidation sites excluding steroid dienone is 2. The largest absolute Gasteiger partial charge is 0.404 e. The van der Waals surface area contributed by atoms with Crippen molar-refractivity contribution in [1.82, 2.24) is 0 Å². The zero-order valence-electron chi connectivity index (χ0n) is 7.17. The van der Waals surface area contributed by atoms with Gasteiger partial charge in [0.05, 0.1) is 5.82 Å². The Balaban J connectivity index is 4.32. The van der Waals surface area contributed by atoms with E-state index in [0.717, 1.165) is 12.0 Å². The van der Waals surface area contributed by atoms with Crippen LogP contribution >= 0.6 is 0 Å². The molecule has 0 aliphatic heterocycles. The molecule has 0 bridgehead atoms. The summed E-state index contributed by atoms with van der Waals surface area (Å²) in [4.78, 5) is 0. The standard InChI is InChI=1S/C8H17N3/c1-3-6(2)7(5-9)4-8(10)11/h4-6H,3,9-11H2,1-2H3/b7-5+. The van der Waals surface area contributed by atoms with Gasteiger partial charge in [0.15, 0.2) is 0 Å². The first-order valence-electron chi connectivity index (χ1n) is 3.76. The summed E-state index contributed by atoms with van der Waals surface area (Å²) < 4.78 is 0. The minimum Gasteiger partial charge on any atom is -0.404 e. The third kappa shape index (κ3) is 3.55. The van der Waals surface area contributed by atoms with Gasteiger partial charge in [-0.15, -0.1) is 0 Å². The van der Waals surface area contributed by atoms with Gasteiger partial charge in [-0.3, -0.25) is 0 Å². The van der Waals surface area contributed by atoms with Gasteiger partial charge in [-0.1, -0.05) is 13.8 Å². The summed E-state index contributed by atoms with van der Waals surface area (Å²) in [6, 6.07) is 0. The quantitative estimate of drug-likeness (QED) is 0.523. The highest BCUT2D eigenvalue weighted by Crippen LogP contribution is 2.14. The summed E-state index contributed by atoms with van der Waals surface area (Å²) in [7, 11) is 0. The monoisotopic (exact) mass is 155 g/mol. The SMILES string of the molecule is CCC(C)/C(C=C(N)N)=C/N. The Morgan fingerprint density at radius 2 is 2.00 bits per heavy atom. The second kappa shape index (κ2) is 4.66. The molecule has 0 heterocycles. The third-order valence-corrected chi connectivity index (χ3v) is 1.71. The van der Waals surface area contributed by atoms with Crippen molar-refractivity contribution in [2.75, 3.05) is 0 Å². The van der Waals surface area contributed by atoms with Gasteiger partial charge in [0.25, 0.3) is 0 Å². The van der Waals surface area contributed by atoms with E-state index in [4.69, 9.17) is 17.2 Å². The fraction of sp³-hybridized carbons (Fsp3) is 0.500. The molecule has 0 aromatic heterocycles. The first-order valence-corrected chi connectivity index (χ1v) is 3.76. The second-order valence-electron chi connectivity index (χ2n) is 2.62. The molecule has 6 N–H and O–H groups in total. The number of nitrogens with two attached hydrogens (primary N) is 3. The zero-order chi connectivity index (χ0) is 8.85. The fourth-order valence-electron chi connectivity index (χ4n) is 0.783. The van der Waals surface area contributed by atoms with Crippen LogP contribution in [0.4, 0.5) is 0 Å². The Bertz CT molecular complexity index is 166. The Morgan fingerprint density at radius 1 is 1.45 bits per heavy atom. The van der Waals surface area contributed by atoms with E-state index >= 15 is 0 Å². The van der Waals surface area contributed by atoms with Crippen molar-refractivity contribution in [2.45, 2.75) is 20.3 Å². The lowest BCUT2D eigenvalue weighted by Crippen LogP contribution is -2.10. The van der Waals surface area contributed by atoms with Crippen molar-refractivity contribution in [1.29, 1.82) is 0 Å². The van der Waals surface area contributed by atoms with Crippen molar-refractivity contribution >= 4 is 0 Å². The van der Waals surface area contributed by atoms with Crippen LogP contribution in [0.15, 0.2) is 23.7 Å². The average Bonchev–Trinajstić information content (AvgIpc) is 1.98. The molecule has 1 unspecified atom stereocenters. The van der Waals surface area contributed by atoms with E-state index in [9.17, 15) is 0 Å². The van der Waals surface area contributed by atoms with Crippen molar-refractivity contribution in [3.8, 4) is 0 Å². The first kappa shape index (κ1) is 9.88. The highest BCUT2D eigenvalue weighted by Gasteiger charge is 2.02. The molecule has 0 aromatic rings. The van der Waals surface area contributed by atoms with Gasteiger partial charge in [0.2, 0.25) is 0 Å². The number of hydrogen-bond acceptors (Lipinski definition) is 3. The maximum atomic E-state index is 5.38. The van der Waals surface area contributed by atoms with Crippen LogP contribution in [0.2, 0.25) is 0 Å². The molecule has 64 valence electrons. The molecule has 3 nitrogen and oxygen atoms in total. The molecular weight excluding hydrogens is 138 g/mol.